The van der Waals surface area contributed by atoms with E-state index in [4.69, 9.17) is 9.47 Å². The molecule has 1 amide bonds. The molecule has 0 saturated carbocycles. The lowest BCUT2D eigenvalue weighted by Gasteiger charge is -2.21. The van der Waals surface area contributed by atoms with Gasteiger partial charge in [-0.15, -0.1) is 11.3 Å². The molecule has 0 bridgehead atoms. The van der Waals surface area contributed by atoms with E-state index in [0.29, 0.717) is 35.3 Å². The molecule has 3 rings (SSSR count). The van der Waals surface area contributed by atoms with Gasteiger partial charge in [0.15, 0.2) is 11.5 Å². The number of nitrogens with zero attached hydrogens (tertiary/aromatic N) is 1. The number of esters is 1. The van der Waals surface area contributed by atoms with Crippen LogP contribution in [-0.4, -0.2) is 44.1 Å². The number of carbonyl (C=O) groups is 2. The van der Waals surface area contributed by atoms with Crippen LogP contribution in [-0.2, 0) is 11.3 Å². The van der Waals surface area contributed by atoms with Gasteiger partial charge in [0, 0.05) is 13.6 Å². The first-order valence-electron chi connectivity index (χ1n) is 7.40. The number of methoxy groups -OCH3 is 1. The van der Waals surface area contributed by atoms with Crippen molar-refractivity contribution in [2.45, 2.75) is 6.54 Å². The van der Waals surface area contributed by atoms with Crippen LogP contribution in [0.5, 0.6) is 11.5 Å². The number of carbonyl (C=O) groups excluding carboxylic acids is 2. The van der Waals surface area contributed by atoms with Crippen molar-refractivity contribution < 1.29 is 23.8 Å². The van der Waals surface area contributed by atoms with E-state index in [9.17, 15) is 9.59 Å². The molecule has 24 heavy (non-hydrogen) atoms. The van der Waals surface area contributed by atoms with Crippen LogP contribution in [0, 0.1) is 0 Å². The number of benzene rings is 1. The largest absolute Gasteiger partial charge is 0.486 e. The van der Waals surface area contributed by atoms with Gasteiger partial charge in [0.25, 0.3) is 5.91 Å². The topological polar surface area (TPSA) is 65.1 Å². The molecular weight excluding hydrogens is 330 g/mol. The summed E-state index contributed by atoms with van der Waals surface area (Å²) < 4.78 is 15.7. The van der Waals surface area contributed by atoms with Crippen molar-refractivity contribution in [2.24, 2.45) is 0 Å². The molecule has 0 N–H and O–H groups in total. The summed E-state index contributed by atoms with van der Waals surface area (Å²) in [4.78, 5) is 26.5. The summed E-state index contributed by atoms with van der Waals surface area (Å²) >= 11 is 1.12. The van der Waals surface area contributed by atoms with Gasteiger partial charge >= 0.3 is 5.97 Å². The highest BCUT2D eigenvalue weighted by Gasteiger charge is 2.18. The zero-order chi connectivity index (χ0) is 17.1. The van der Waals surface area contributed by atoms with E-state index in [1.165, 1.54) is 7.11 Å². The molecule has 0 unspecified atom stereocenters. The Bertz CT molecular complexity index is 770. The molecule has 0 aliphatic carbocycles. The first kappa shape index (κ1) is 16.3. The monoisotopic (exact) mass is 347 g/mol. The van der Waals surface area contributed by atoms with Crippen LogP contribution < -0.4 is 9.47 Å². The minimum atomic E-state index is -0.437. The first-order chi connectivity index (χ1) is 11.6. The predicted molar refractivity (Wildman–Crippen MR) is 88.9 cm³/mol. The fraction of sp³-hybridized carbons (Fsp3) is 0.294. The number of thiophene rings is 1. The van der Waals surface area contributed by atoms with Gasteiger partial charge in [-0.3, -0.25) is 4.79 Å². The Morgan fingerprint density at radius 2 is 1.83 bits per heavy atom. The highest BCUT2D eigenvalue weighted by Crippen LogP contribution is 2.31. The number of hydrogen-bond donors (Lipinski definition) is 0. The van der Waals surface area contributed by atoms with Gasteiger partial charge in [0.1, 0.15) is 18.1 Å². The molecule has 7 heteroatoms. The molecule has 1 aliphatic heterocycles. The van der Waals surface area contributed by atoms with Crippen molar-refractivity contribution in [3.05, 3.63) is 45.6 Å². The second-order valence-corrected chi connectivity index (χ2v) is 6.38. The third-order valence-electron chi connectivity index (χ3n) is 3.58. The highest BCUT2D eigenvalue weighted by atomic mass is 32.1. The zero-order valence-electron chi connectivity index (χ0n) is 13.4. The molecule has 2 heterocycles. The fourth-order valence-corrected chi connectivity index (χ4v) is 3.30. The highest BCUT2D eigenvalue weighted by molar-refractivity contribution is 7.15. The Morgan fingerprint density at radius 1 is 1.12 bits per heavy atom. The molecule has 6 nitrogen and oxygen atoms in total. The summed E-state index contributed by atoms with van der Waals surface area (Å²) in [5.41, 5.74) is 0.944. The third kappa shape index (κ3) is 3.35. The molecule has 0 atom stereocenters. The number of hydrogen-bond acceptors (Lipinski definition) is 6. The number of amides is 1. The summed E-state index contributed by atoms with van der Waals surface area (Å²) in [5.74, 6) is 0.835. The van der Waals surface area contributed by atoms with Crippen molar-refractivity contribution in [3.63, 3.8) is 0 Å². The summed E-state index contributed by atoms with van der Waals surface area (Å²) in [6, 6.07) is 8.88. The Hall–Kier alpha value is -2.54. The van der Waals surface area contributed by atoms with Gasteiger partial charge in [-0.05, 0) is 29.8 Å². The summed E-state index contributed by atoms with van der Waals surface area (Å²) in [6.45, 7) is 1.50. The molecule has 1 aliphatic rings. The molecule has 0 radical (unpaired) electrons. The maximum atomic E-state index is 12.5. The Morgan fingerprint density at radius 3 is 2.58 bits per heavy atom. The van der Waals surface area contributed by atoms with Crippen molar-refractivity contribution >= 4 is 23.2 Å². The van der Waals surface area contributed by atoms with Crippen molar-refractivity contribution in [1.29, 1.82) is 0 Å². The second-order valence-electron chi connectivity index (χ2n) is 5.29. The smallest absolute Gasteiger partial charge is 0.348 e. The maximum Gasteiger partial charge on any atom is 0.348 e. The predicted octanol–water partition coefficient (Wildman–Crippen LogP) is 2.58. The lowest BCUT2D eigenvalue weighted by molar-refractivity contribution is 0.0606. The average Bonchev–Trinajstić information content (AvgIpc) is 3.10. The van der Waals surface area contributed by atoms with E-state index >= 15 is 0 Å². The van der Waals surface area contributed by atoms with Crippen LogP contribution in [0.25, 0.3) is 0 Å². The van der Waals surface area contributed by atoms with E-state index in [0.717, 1.165) is 22.6 Å². The lowest BCUT2D eigenvalue weighted by atomic mass is 10.2. The van der Waals surface area contributed by atoms with Gasteiger partial charge in [-0.2, -0.15) is 0 Å². The van der Waals surface area contributed by atoms with Gasteiger partial charge in [-0.1, -0.05) is 6.07 Å². The van der Waals surface area contributed by atoms with Gasteiger partial charge in [-0.25, -0.2) is 4.79 Å². The molecule has 1 aromatic heterocycles. The molecule has 0 saturated heterocycles. The molecule has 2 aromatic rings. The van der Waals surface area contributed by atoms with Crippen molar-refractivity contribution in [2.75, 3.05) is 27.4 Å². The maximum absolute atomic E-state index is 12.5. The van der Waals surface area contributed by atoms with Crippen LogP contribution in [0.2, 0.25) is 0 Å². The lowest BCUT2D eigenvalue weighted by Crippen LogP contribution is -2.25. The number of ether oxygens (including phenoxy) is 3. The summed E-state index contributed by atoms with van der Waals surface area (Å²) in [6.07, 6.45) is 0. The van der Waals surface area contributed by atoms with E-state index in [-0.39, 0.29) is 5.91 Å². The van der Waals surface area contributed by atoms with Crippen LogP contribution in [0.3, 0.4) is 0 Å². The zero-order valence-corrected chi connectivity index (χ0v) is 14.2. The van der Waals surface area contributed by atoms with E-state index in [1.54, 1.807) is 24.1 Å². The van der Waals surface area contributed by atoms with Crippen LogP contribution in [0.4, 0.5) is 0 Å². The summed E-state index contributed by atoms with van der Waals surface area (Å²) in [5, 5.41) is 0. The van der Waals surface area contributed by atoms with Crippen LogP contribution in [0.1, 0.15) is 24.9 Å². The van der Waals surface area contributed by atoms with Crippen molar-refractivity contribution in [1.82, 2.24) is 4.90 Å². The molecule has 126 valence electrons. The molecule has 1 aromatic carbocycles. The molecule has 0 fully saturated rings. The van der Waals surface area contributed by atoms with Crippen molar-refractivity contribution in [3.8, 4) is 11.5 Å². The number of rotatable bonds is 4. The summed E-state index contributed by atoms with van der Waals surface area (Å²) in [7, 11) is 3.04. The minimum Gasteiger partial charge on any atom is -0.486 e. The fourth-order valence-electron chi connectivity index (χ4n) is 2.38. The third-order valence-corrected chi connectivity index (χ3v) is 4.63. The molecular formula is C17H17NO5S. The standard InChI is InChI=1S/C17H17NO5S/c1-18(16(19)14-5-6-15(24-14)17(20)21-2)10-11-3-4-12-13(9-11)23-8-7-22-12/h3-6,9H,7-8,10H2,1-2H3. The van der Waals surface area contributed by atoms with E-state index in [1.807, 2.05) is 18.2 Å². The quantitative estimate of drug-likeness (QED) is 0.796. The second kappa shape index (κ2) is 6.92. The Balaban J connectivity index is 1.70. The molecule has 0 spiro atoms. The van der Waals surface area contributed by atoms with E-state index < -0.39 is 5.97 Å². The SMILES string of the molecule is COC(=O)c1ccc(C(=O)N(C)Cc2ccc3c(c2)OCCO3)s1. The van der Waals surface area contributed by atoms with Gasteiger partial charge in [0.05, 0.1) is 12.0 Å². The van der Waals surface area contributed by atoms with Crippen LogP contribution in [0.15, 0.2) is 30.3 Å². The van der Waals surface area contributed by atoms with Gasteiger partial charge < -0.3 is 19.1 Å². The first-order valence-corrected chi connectivity index (χ1v) is 8.22. The Labute approximate surface area is 143 Å². The van der Waals surface area contributed by atoms with Gasteiger partial charge in [0.2, 0.25) is 0 Å². The minimum absolute atomic E-state index is 0.148. The number of fused-ring (bicyclic) bond motifs is 1. The Kier molecular flexibility index (Phi) is 4.71. The average molecular weight is 347 g/mol. The van der Waals surface area contributed by atoms with Crippen LogP contribution >= 0.6 is 11.3 Å². The van der Waals surface area contributed by atoms with E-state index in [2.05, 4.69) is 4.74 Å². The normalized spacial score (nSPS) is 12.6.